The number of fused-ring (bicyclic) bond motifs is 7. The zero-order valence-corrected chi connectivity index (χ0v) is 34.7. The van der Waals surface area contributed by atoms with Gasteiger partial charge in [0.15, 0.2) is 12.6 Å². The van der Waals surface area contributed by atoms with Gasteiger partial charge in [0.05, 0.1) is 56.3 Å². The molecule has 16 nitrogen and oxygen atoms in total. The first kappa shape index (κ1) is 45.1. The van der Waals surface area contributed by atoms with Crippen LogP contribution in [-0.2, 0) is 18.9 Å². The summed E-state index contributed by atoms with van der Waals surface area (Å²) in [6.45, 7) is 10.5. The zero-order chi connectivity index (χ0) is 42.7. The molecule has 12 N–H and O–H groups in total. The van der Waals surface area contributed by atoms with Crippen molar-refractivity contribution >= 4 is 0 Å². The SMILES string of the molecule is CC1(C)C[C@H]2C3=CC[C@@H]4[C@@]5(C)CC[C@H](O[C@@H]6O[C@H](CO)[C@@H](O)[C@H](O)[C@H]6O[C@@H]6O[C@H](CO)[C@H](O)[C@H](O)[C@H]6O)[C@@](C)(CO)[C@@H]5CC[C@@]4(C)[C@]3(C)C[C@@H](O)[C@@]2(CO)[C@@H](O)[C@@H]1O. The molecule has 2 saturated heterocycles. The fourth-order valence-corrected chi connectivity index (χ4v) is 13.9. The van der Waals surface area contributed by atoms with Crippen LogP contribution in [0.3, 0.4) is 0 Å². The number of aliphatic hydroxyl groups excluding tert-OH is 12. The standard InChI is InChI=1S/C42H70O16/c1-37(2)13-20-19-7-8-24-38(3)11-10-26(57-36-32(30(51)28(49)22(16-44)56-36)58-35-31(52)29(50)27(48)21(15-43)55-35)39(4,17-45)23(38)9-12-40(24,5)41(19,6)14-25(47)42(20,18-46)34(54)33(37)53/h7,20-36,43-54H,8-18H2,1-6H3/t20-,21+,22+,23+,24+,25+,26-,27-,28+,29-,30-,31+,32+,33-,34-,35-,36-,38-,39-,40+,41+,42-/m0/s1. The molecule has 22 atom stereocenters. The molecule has 6 fully saturated rings. The molecule has 0 bridgehead atoms. The van der Waals surface area contributed by atoms with E-state index < -0.39 is 127 Å². The summed E-state index contributed by atoms with van der Waals surface area (Å²) in [5, 5.41) is 131. The molecule has 2 aliphatic heterocycles. The second-order valence-corrected chi connectivity index (χ2v) is 20.8. The van der Waals surface area contributed by atoms with Gasteiger partial charge in [-0.05, 0) is 84.4 Å². The van der Waals surface area contributed by atoms with Crippen molar-refractivity contribution in [2.45, 2.75) is 172 Å². The summed E-state index contributed by atoms with van der Waals surface area (Å²) in [5.41, 5.74) is -2.86. The summed E-state index contributed by atoms with van der Waals surface area (Å²) in [6, 6.07) is 0. The molecular formula is C42H70O16. The number of ether oxygens (including phenoxy) is 4. The fraction of sp³-hybridized carbons (Fsp3) is 0.952. The van der Waals surface area contributed by atoms with E-state index in [1.807, 2.05) is 20.8 Å². The highest BCUT2D eigenvalue weighted by atomic mass is 16.8. The lowest BCUT2D eigenvalue weighted by molar-refractivity contribution is -0.379. The van der Waals surface area contributed by atoms with Gasteiger partial charge in [-0.1, -0.05) is 53.2 Å². The average Bonchev–Trinajstić information content (AvgIpc) is 3.18. The Labute approximate surface area is 340 Å². The largest absolute Gasteiger partial charge is 0.396 e. The summed E-state index contributed by atoms with van der Waals surface area (Å²) >= 11 is 0. The Bertz CT molecular complexity index is 1530. The third kappa shape index (κ3) is 6.21. The van der Waals surface area contributed by atoms with Crippen molar-refractivity contribution in [3.05, 3.63) is 11.6 Å². The van der Waals surface area contributed by atoms with E-state index in [1.165, 1.54) is 0 Å². The molecule has 2 heterocycles. The first-order valence-electron chi connectivity index (χ1n) is 21.3. The Morgan fingerprint density at radius 2 is 1.28 bits per heavy atom. The highest BCUT2D eigenvalue weighted by Gasteiger charge is 2.72. The molecule has 16 heteroatoms. The van der Waals surface area contributed by atoms with Crippen molar-refractivity contribution < 1.29 is 80.2 Å². The van der Waals surface area contributed by atoms with Gasteiger partial charge in [-0.3, -0.25) is 0 Å². The van der Waals surface area contributed by atoms with Crippen LogP contribution < -0.4 is 0 Å². The van der Waals surface area contributed by atoms with Gasteiger partial charge in [0.25, 0.3) is 0 Å². The maximum atomic E-state index is 12.1. The molecule has 7 aliphatic rings. The Kier molecular flexibility index (Phi) is 12.0. The summed E-state index contributed by atoms with van der Waals surface area (Å²) < 4.78 is 24.2. The lowest BCUT2D eigenvalue weighted by atomic mass is 9.33. The van der Waals surface area contributed by atoms with Crippen molar-refractivity contribution in [1.82, 2.24) is 0 Å². The van der Waals surface area contributed by atoms with Crippen molar-refractivity contribution in [3.8, 4) is 0 Å². The van der Waals surface area contributed by atoms with E-state index in [1.54, 1.807) is 0 Å². The van der Waals surface area contributed by atoms with E-state index in [0.717, 1.165) is 12.0 Å². The van der Waals surface area contributed by atoms with E-state index >= 15 is 0 Å². The molecular weight excluding hydrogens is 760 g/mol. The summed E-state index contributed by atoms with van der Waals surface area (Å²) in [6.07, 6.45) is -13.7. The predicted octanol–water partition coefficient (Wildman–Crippen LogP) is -1.33. The Balaban J connectivity index is 1.18. The minimum atomic E-state index is -1.81. The Morgan fingerprint density at radius 3 is 1.88 bits per heavy atom. The van der Waals surface area contributed by atoms with Gasteiger partial charge < -0.3 is 80.2 Å². The smallest absolute Gasteiger partial charge is 0.187 e. The van der Waals surface area contributed by atoms with E-state index in [2.05, 4.69) is 26.8 Å². The number of rotatable bonds is 8. The van der Waals surface area contributed by atoms with E-state index in [4.69, 9.17) is 18.9 Å². The number of hydrogen-bond donors (Lipinski definition) is 12. The van der Waals surface area contributed by atoms with Gasteiger partial charge in [-0.15, -0.1) is 0 Å². The average molecular weight is 831 g/mol. The van der Waals surface area contributed by atoms with Crippen LogP contribution in [0.15, 0.2) is 11.6 Å². The highest BCUT2D eigenvalue weighted by molar-refractivity contribution is 5.36. The molecule has 0 radical (unpaired) electrons. The van der Waals surface area contributed by atoms with Gasteiger partial charge in [0.1, 0.15) is 48.8 Å². The Hall–Kier alpha value is -0.900. The van der Waals surface area contributed by atoms with Crippen LogP contribution in [0.2, 0.25) is 0 Å². The quantitative estimate of drug-likeness (QED) is 0.0998. The van der Waals surface area contributed by atoms with E-state index in [9.17, 15) is 61.3 Å². The van der Waals surface area contributed by atoms with Crippen LogP contribution in [0.25, 0.3) is 0 Å². The molecule has 334 valence electrons. The maximum absolute atomic E-state index is 12.1. The zero-order valence-electron chi connectivity index (χ0n) is 34.7. The molecule has 0 aromatic carbocycles. The van der Waals surface area contributed by atoms with Gasteiger partial charge in [0, 0.05) is 5.41 Å². The molecule has 4 saturated carbocycles. The third-order valence-corrected chi connectivity index (χ3v) is 17.8. The summed E-state index contributed by atoms with van der Waals surface area (Å²) in [5.74, 6) is -0.335. The number of aliphatic hydroxyl groups is 12. The second kappa shape index (κ2) is 15.4. The van der Waals surface area contributed by atoms with Crippen LogP contribution >= 0.6 is 0 Å². The predicted molar refractivity (Wildman–Crippen MR) is 203 cm³/mol. The van der Waals surface area contributed by atoms with Crippen molar-refractivity contribution in [1.29, 1.82) is 0 Å². The maximum Gasteiger partial charge on any atom is 0.187 e. The first-order valence-corrected chi connectivity index (χ1v) is 21.3. The van der Waals surface area contributed by atoms with Crippen molar-refractivity contribution in [2.24, 2.45) is 50.2 Å². The lowest BCUT2D eigenvalue weighted by Gasteiger charge is -2.72. The Morgan fingerprint density at radius 1 is 0.655 bits per heavy atom. The van der Waals surface area contributed by atoms with Crippen LogP contribution in [0.1, 0.15) is 86.5 Å². The molecule has 0 spiro atoms. The van der Waals surface area contributed by atoms with Gasteiger partial charge in [-0.25, -0.2) is 0 Å². The highest BCUT2D eigenvalue weighted by Crippen LogP contribution is 2.76. The van der Waals surface area contributed by atoms with Crippen molar-refractivity contribution in [2.75, 3.05) is 26.4 Å². The van der Waals surface area contributed by atoms with Crippen LogP contribution in [0.4, 0.5) is 0 Å². The molecule has 58 heavy (non-hydrogen) atoms. The first-order chi connectivity index (χ1) is 27.1. The number of allylic oxidation sites excluding steroid dienone is 2. The third-order valence-electron chi connectivity index (χ3n) is 17.8. The van der Waals surface area contributed by atoms with Crippen LogP contribution in [0, 0.1) is 50.2 Å². The fourth-order valence-electron chi connectivity index (χ4n) is 13.9. The van der Waals surface area contributed by atoms with Gasteiger partial charge >= 0.3 is 0 Å². The van der Waals surface area contributed by atoms with Crippen LogP contribution in [0.5, 0.6) is 0 Å². The summed E-state index contributed by atoms with van der Waals surface area (Å²) in [7, 11) is 0. The van der Waals surface area contributed by atoms with Gasteiger partial charge in [0.2, 0.25) is 0 Å². The van der Waals surface area contributed by atoms with Crippen molar-refractivity contribution in [3.63, 3.8) is 0 Å². The normalized spacial score (nSPS) is 56.7. The second-order valence-electron chi connectivity index (χ2n) is 20.8. The molecule has 0 aromatic heterocycles. The van der Waals surface area contributed by atoms with E-state index in [-0.39, 0.29) is 35.2 Å². The lowest BCUT2D eigenvalue weighted by Crippen LogP contribution is -2.72. The monoisotopic (exact) mass is 830 g/mol. The molecule has 0 amide bonds. The molecule has 0 unspecified atom stereocenters. The van der Waals surface area contributed by atoms with Crippen LogP contribution in [-0.4, -0.2) is 174 Å². The minimum absolute atomic E-state index is 0.0893. The van der Waals surface area contributed by atoms with E-state index in [0.29, 0.717) is 38.5 Å². The summed E-state index contributed by atoms with van der Waals surface area (Å²) in [4.78, 5) is 0. The molecule has 7 rings (SSSR count). The van der Waals surface area contributed by atoms with Gasteiger partial charge in [-0.2, -0.15) is 0 Å². The molecule has 0 aromatic rings. The topological polar surface area (TPSA) is 280 Å². The minimum Gasteiger partial charge on any atom is -0.396 e. The number of hydrogen-bond acceptors (Lipinski definition) is 16. The molecule has 5 aliphatic carbocycles.